The molecule has 100 valence electrons. The Balaban J connectivity index is 2.11. The van der Waals surface area contributed by atoms with Crippen molar-refractivity contribution in [1.29, 1.82) is 0 Å². The summed E-state index contributed by atoms with van der Waals surface area (Å²) < 4.78 is 0. The Morgan fingerprint density at radius 1 is 0.950 bits per heavy atom. The van der Waals surface area contributed by atoms with Gasteiger partial charge in [0.2, 0.25) is 0 Å². The Kier molecular flexibility index (Phi) is 3.36. The van der Waals surface area contributed by atoms with Gasteiger partial charge in [-0.1, -0.05) is 23.9 Å². The lowest BCUT2D eigenvalue weighted by Gasteiger charge is -2.10. The van der Waals surface area contributed by atoms with Gasteiger partial charge < -0.3 is 5.73 Å². The van der Waals surface area contributed by atoms with Gasteiger partial charge in [0.05, 0.1) is 0 Å². The number of aryl methyl sites for hydroxylation is 2. The molecule has 0 spiro atoms. The Morgan fingerprint density at radius 3 is 2.65 bits per heavy atom. The molecule has 0 aliphatic rings. The summed E-state index contributed by atoms with van der Waals surface area (Å²) in [6, 6.07) is 12.6. The van der Waals surface area contributed by atoms with Crippen molar-refractivity contribution >= 4 is 28.2 Å². The highest BCUT2D eigenvalue weighted by Crippen LogP contribution is 2.37. The van der Waals surface area contributed by atoms with E-state index in [0.29, 0.717) is 0 Å². The molecule has 3 aromatic rings. The third-order valence-corrected chi connectivity index (χ3v) is 4.61. The fraction of sp³-hybridized carbons (Fsp3) is 0.118. The van der Waals surface area contributed by atoms with Crippen molar-refractivity contribution in [3.63, 3.8) is 0 Å². The molecule has 0 bridgehead atoms. The molecule has 1 aromatic heterocycles. The molecule has 0 radical (unpaired) electrons. The number of benzene rings is 2. The SMILES string of the molecule is Cc1ccc(C)c(Sc2ccc(N)c3cnccc23)c1. The van der Waals surface area contributed by atoms with Crippen molar-refractivity contribution in [2.45, 2.75) is 23.6 Å². The first kappa shape index (κ1) is 13.0. The van der Waals surface area contributed by atoms with E-state index in [2.05, 4.69) is 43.1 Å². The minimum absolute atomic E-state index is 0.776. The average molecular weight is 280 g/mol. The Hall–Kier alpha value is -2.00. The number of fused-ring (bicyclic) bond motifs is 1. The zero-order valence-corrected chi connectivity index (χ0v) is 12.4. The number of anilines is 1. The second-order valence-corrected chi connectivity index (χ2v) is 6.03. The van der Waals surface area contributed by atoms with Crippen molar-refractivity contribution in [2.75, 3.05) is 5.73 Å². The summed E-state index contributed by atoms with van der Waals surface area (Å²) in [5.74, 6) is 0. The summed E-state index contributed by atoms with van der Waals surface area (Å²) in [6.07, 6.45) is 3.65. The smallest absolute Gasteiger partial charge is 0.0410 e. The Labute approximate surface area is 123 Å². The molecular weight excluding hydrogens is 264 g/mol. The summed E-state index contributed by atoms with van der Waals surface area (Å²) in [5, 5.41) is 2.17. The maximum absolute atomic E-state index is 6.02. The van der Waals surface area contributed by atoms with E-state index in [1.165, 1.54) is 20.9 Å². The molecule has 3 heteroatoms. The van der Waals surface area contributed by atoms with Crippen molar-refractivity contribution in [1.82, 2.24) is 4.98 Å². The molecule has 2 nitrogen and oxygen atoms in total. The second-order valence-electron chi connectivity index (χ2n) is 4.95. The molecule has 20 heavy (non-hydrogen) atoms. The predicted octanol–water partition coefficient (Wildman–Crippen LogP) is 4.59. The molecule has 0 aliphatic carbocycles. The second kappa shape index (κ2) is 5.17. The van der Waals surface area contributed by atoms with Gasteiger partial charge in [-0.3, -0.25) is 4.98 Å². The number of hydrogen-bond donors (Lipinski definition) is 1. The fourth-order valence-electron chi connectivity index (χ4n) is 2.21. The molecule has 3 rings (SSSR count). The number of nitrogens with two attached hydrogens (primary N) is 1. The number of nitrogen functional groups attached to an aromatic ring is 1. The maximum atomic E-state index is 6.02. The lowest BCUT2D eigenvalue weighted by Crippen LogP contribution is -1.89. The topological polar surface area (TPSA) is 38.9 Å². The van der Waals surface area contributed by atoms with Crippen LogP contribution in [-0.2, 0) is 0 Å². The largest absolute Gasteiger partial charge is 0.398 e. The number of pyridine rings is 1. The van der Waals surface area contributed by atoms with E-state index in [1.54, 1.807) is 11.8 Å². The lowest BCUT2D eigenvalue weighted by molar-refractivity contribution is 1.26. The van der Waals surface area contributed by atoms with Crippen LogP contribution in [0.3, 0.4) is 0 Å². The number of rotatable bonds is 2. The molecule has 0 fully saturated rings. The molecule has 2 aromatic carbocycles. The molecule has 2 N–H and O–H groups in total. The minimum Gasteiger partial charge on any atom is -0.398 e. The molecule has 0 aliphatic heterocycles. The van der Waals surface area contributed by atoms with Crippen LogP contribution in [-0.4, -0.2) is 4.98 Å². The van der Waals surface area contributed by atoms with Crippen LogP contribution in [0.5, 0.6) is 0 Å². The fourth-order valence-corrected chi connectivity index (χ4v) is 3.34. The molecular formula is C17H16N2S. The van der Waals surface area contributed by atoms with E-state index in [0.717, 1.165) is 16.5 Å². The summed E-state index contributed by atoms with van der Waals surface area (Å²) >= 11 is 1.78. The first-order valence-electron chi connectivity index (χ1n) is 6.52. The minimum atomic E-state index is 0.776. The van der Waals surface area contributed by atoms with Gasteiger partial charge in [0.1, 0.15) is 0 Å². The normalized spacial score (nSPS) is 10.9. The van der Waals surface area contributed by atoms with Crippen molar-refractivity contribution in [3.05, 3.63) is 59.9 Å². The van der Waals surface area contributed by atoms with Gasteiger partial charge in [-0.2, -0.15) is 0 Å². The van der Waals surface area contributed by atoms with Gasteiger partial charge in [-0.05, 0) is 49.2 Å². The molecule has 0 amide bonds. The van der Waals surface area contributed by atoms with Crippen molar-refractivity contribution < 1.29 is 0 Å². The van der Waals surface area contributed by atoms with Gasteiger partial charge in [-0.15, -0.1) is 0 Å². The van der Waals surface area contributed by atoms with Crippen LogP contribution in [0.4, 0.5) is 5.69 Å². The summed E-state index contributed by atoms with van der Waals surface area (Å²) in [5.41, 5.74) is 9.37. The third kappa shape index (κ3) is 2.37. The zero-order chi connectivity index (χ0) is 14.1. The molecule has 1 heterocycles. The molecule has 0 saturated carbocycles. The molecule has 0 saturated heterocycles. The third-order valence-electron chi connectivity index (χ3n) is 3.38. The number of hydrogen-bond acceptors (Lipinski definition) is 3. The highest BCUT2D eigenvalue weighted by atomic mass is 32.2. The van der Waals surface area contributed by atoms with Crippen LogP contribution in [0.15, 0.2) is 58.6 Å². The van der Waals surface area contributed by atoms with Crippen LogP contribution < -0.4 is 5.73 Å². The summed E-state index contributed by atoms with van der Waals surface area (Å²) in [4.78, 5) is 6.66. The summed E-state index contributed by atoms with van der Waals surface area (Å²) in [7, 11) is 0. The first-order valence-corrected chi connectivity index (χ1v) is 7.34. The van der Waals surface area contributed by atoms with Gasteiger partial charge in [-0.25, -0.2) is 0 Å². The van der Waals surface area contributed by atoms with Crippen LogP contribution in [0.2, 0.25) is 0 Å². The van der Waals surface area contributed by atoms with Gasteiger partial charge in [0, 0.05) is 38.6 Å². The zero-order valence-electron chi connectivity index (χ0n) is 11.6. The van der Waals surface area contributed by atoms with E-state index in [-0.39, 0.29) is 0 Å². The van der Waals surface area contributed by atoms with Crippen LogP contribution in [0, 0.1) is 13.8 Å². The standard InChI is InChI=1S/C17H16N2S/c1-11-3-4-12(2)17(9-11)20-16-6-5-15(18)14-10-19-8-7-13(14)16/h3-10H,18H2,1-2H3. The van der Waals surface area contributed by atoms with E-state index < -0.39 is 0 Å². The monoisotopic (exact) mass is 280 g/mol. The van der Waals surface area contributed by atoms with E-state index in [4.69, 9.17) is 5.73 Å². The van der Waals surface area contributed by atoms with Crippen LogP contribution in [0.1, 0.15) is 11.1 Å². The van der Waals surface area contributed by atoms with Crippen molar-refractivity contribution in [3.8, 4) is 0 Å². The Bertz CT molecular complexity index is 781. The molecule has 0 atom stereocenters. The van der Waals surface area contributed by atoms with E-state index >= 15 is 0 Å². The quantitative estimate of drug-likeness (QED) is 0.698. The van der Waals surface area contributed by atoms with Crippen LogP contribution >= 0.6 is 11.8 Å². The highest BCUT2D eigenvalue weighted by Gasteiger charge is 2.07. The van der Waals surface area contributed by atoms with E-state index in [1.807, 2.05) is 24.5 Å². The number of nitrogens with zero attached hydrogens (tertiary/aromatic N) is 1. The van der Waals surface area contributed by atoms with Gasteiger partial charge in [0.15, 0.2) is 0 Å². The van der Waals surface area contributed by atoms with E-state index in [9.17, 15) is 0 Å². The first-order chi connectivity index (χ1) is 9.65. The highest BCUT2D eigenvalue weighted by molar-refractivity contribution is 7.99. The van der Waals surface area contributed by atoms with Crippen molar-refractivity contribution in [2.24, 2.45) is 0 Å². The number of aromatic nitrogens is 1. The maximum Gasteiger partial charge on any atom is 0.0410 e. The summed E-state index contributed by atoms with van der Waals surface area (Å²) in [6.45, 7) is 4.26. The lowest BCUT2D eigenvalue weighted by atomic mass is 10.1. The average Bonchev–Trinajstić information content (AvgIpc) is 2.46. The Morgan fingerprint density at radius 2 is 1.80 bits per heavy atom. The predicted molar refractivity (Wildman–Crippen MR) is 86.2 cm³/mol. The van der Waals surface area contributed by atoms with Gasteiger partial charge in [0.25, 0.3) is 0 Å². The van der Waals surface area contributed by atoms with Gasteiger partial charge >= 0.3 is 0 Å². The molecule has 0 unspecified atom stereocenters. The van der Waals surface area contributed by atoms with Crippen LogP contribution in [0.25, 0.3) is 10.8 Å².